The molecule has 4 aromatic rings. The molecule has 1 atom stereocenters. The molecule has 9 nitrogen and oxygen atoms in total. The van der Waals surface area contributed by atoms with Crippen molar-refractivity contribution in [1.82, 2.24) is 24.5 Å². The highest BCUT2D eigenvalue weighted by Gasteiger charge is 2.26. The fraction of sp³-hybridized carbons (Fsp3) is 0.346. The van der Waals surface area contributed by atoms with Crippen LogP contribution in [0.1, 0.15) is 48.4 Å². The van der Waals surface area contributed by atoms with Crippen molar-refractivity contribution in [3.05, 3.63) is 85.6 Å². The Balaban J connectivity index is 1.48. The summed E-state index contributed by atoms with van der Waals surface area (Å²) in [7, 11) is 3.81. The van der Waals surface area contributed by atoms with Gasteiger partial charge in [0.2, 0.25) is 5.75 Å². The van der Waals surface area contributed by atoms with Gasteiger partial charge in [-0.3, -0.25) is 9.36 Å². The molecule has 0 unspecified atom stereocenters. The van der Waals surface area contributed by atoms with Crippen LogP contribution in [0.2, 0.25) is 0 Å². The van der Waals surface area contributed by atoms with Gasteiger partial charge in [0.05, 0.1) is 15.9 Å². The number of nitrogens with zero attached hydrogens (tertiary/aromatic N) is 6. The molecule has 1 fully saturated rings. The summed E-state index contributed by atoms with van der Waals surface area (Å²) in [5, 5.41) is 20.9. The van der Waals surface area contributed by atoms with Crippen LogP contribution in [-0.2, 0) is 26.9 Å². The quantitative estimate of drug-likeness (QED) is 0.189. The second-order valence-corrected chi connectivity index (χ2v) is 10.4. The fourth-order valence-electron chi connectivity index (χ4n) is 4.53. The standard InChI is InChI=1S/C26H26BrFN6O3/c1-15(37-24-10-18(27)13-29-26(24)34(35)36)23-11-19(28)6-7-22(23)25-17(14-32(2)31-25)9-20-12-21(33(3)30-20)8-16-4-5-16/h6-7,10-16H,4-5,8-9H2,1-3H3/t15-/m1/s1. The van der Waals surface area contributed by atoms with Crippen LogP contribution < -0.4 is 4.74 Å². The first-order chi connectivity index (χ1) is 17.7. The predicted octanol–water partition coefficient (Wildman–Crippen LogP) is 5.71. The highest BCUT2D eigenvalue weighted by molar-refractivity contribution is 9.10. The molecule has 11 heteroatoms. The van der Waals surface area contributed by atoms with Crippen LogP contribution in [0.3, 0.4) is 0 Å². The van der Waals surface area contributed by atoms with E-state index in [4.69, 9.17) is 9.84 Å². The lowest BCUT2D eigenvalue weighted by Gasteiger charge is -2.18. The summed E-state index contributed by atoms with van der Waals surface area (Å²) in [5.74, 6) is -0.108. The molecule has 0 aliphatic heterocycles. The van der Waals surface area contributed by atoms with Crippen molar-refractivity contribution in [3.63, 3.8) is 0 Å². The summed E-state index contributed by atoms with van der Waals surface area (Å²) in [5.41, 5.74) is 4.99. The number of halogens is 2. The highest BCUT2D eigenvalue weighted by Crippen LogP contribution is 2.37. The van der Waals surface area contributed by atoms with E-state index in [1.807, 2.05) is 25.0 Å². The van der Waals surface area contributed by atoms with Crippen molar-refractivity contribution in [2.45, 2.75) is 38.7 Å². The molecule has 3 heterocycles. The van der Waals surface area contributed by atoms with Gasteiger partial charge in [-0.25, -0.2) is 4.39 Å². The number of nitro groups is 1. The van der Waals surface area contributed by atoms with E-state index >= 15 is 0 Å². The molecule has 0 bridgehead atoms. The lowest BCUT2D eigenvalue weighted by molar-refractivity contribution is -0.390. The van der Waals surface area contributed by atoms with Gasteiger partial charge in [0.25, 0.3) is 0 Å². The molecule has 192 valence electrons. The van der Waals surface area contributed by atoms with Gasteiger partial charge in [-0.05, 0) is 82.2 Å². The molecule has 0 N–H and O–H groups in total. The van der Waals surface area contributed by atoms with Crippen molar-refractivity contribution in [1.29, 1.82) is 0 Å². The molecular formula is C26H26BrFN6O3. The molecule has 1 aliphatic rings. The van der Waals surface area contributed by atoms with E-state index in [1.165, 1.54) is 42.9 Å². The maximum atomic E-state index is 14.4. The molecule has 3 aromatic heterocycles. The monoisotopic (exact) mass is 568 g/mol. The minimum Gasteiger partial charge on any atom is -0.478 e. The predicted molar refractivity (Wildman–Crippen MR) is 139 cm³/mol. The van der Waals surface area contributed by atoms with Gasteiger partial charge < -0.3 is 14.9 Å². The number of aryl methyl sites for hydroxylation is 2. The number of ether oxygens (including phenoxy) is 1. The van der Waals surface area contributed by atoms with Crippen molar-refractivity contribution >= 4 is 21.7 Å². The van der Waals surface area contributed by atoms with E-state index in [-0.39, 0.29) is 5.75 Å². The molecule has 1 aliphatic carbocycles. The number of hydrogen-bond donors (Lipinski definition) is 0. The maximum Gasteiger partial charge on any atom is 0.406 e. The Bertz CT molecular complexity index is 1480. The van der Waals surface area contributed by atoms with Gasteiger partial charge in [0.15, 0.2) is 6.20 Å². The largest absolute Gasteiger partial charge is 0.478 e. The van der Waals surface area contributed by atoms with Crippen LogP contribution in [0.15, 0.2) is 47.2 Å². The fourth-order valence-corrected chi connectivity index (χ4v) is 4.84. The normalized spacial score (nSPS) is 14.1. The summed E-state index contributed by atoms with van der Waals surface area (Å²) in [6.45, 7) is 1.72. The zero-order valence-corrected chi connectivity index (χ0v) is 22.3. The smallest absolute Gasteiger partial charge is 0.406 e. The van der Waals surface area contributed by atoms with Crippen LogP contribution in [0.4, 0.5) is 10.2 Å². The van der Waals surface area contributed by atoms with Crippen LogP contribution in [-0.4, -0.2) is 29.5 Å². The van der Waals surface area contributed by atoms with Crippen LogP contribution in [0.5, 0.6) is 5.75 Å². The average Bonchev–Trinajstić information content (AvgIpc) is 3.49. The van der Waals surface area contributed by atoms with Gasteiger partial charge in [-0.1, -0.05) is 0 Å². The molecule has 1 aromatic carbocycles. The zero-order chi connectivity index (χ0) is 26.3. The van der Waals surface area contributed by atoms with Gasteiger partial charge in [0.1, 0.15) is 11.9 Å². The van der Waals surface area contributed by atoms with Crippen molar-refractivity contribution < 1.29 is 14.1 Å². The lowest BCUT2D eigenvalue weighted by atomic mass is 9.96. The van der Waals surface area contributed by atoms with E-state index in [1.54, 1.807) is 17.7 Å². The number of hydrogen-bond acceptors (Lipinski definition) is 6. The molecule has 0 spiro atoms. The lowest BCUT2D eigenvalue weighted by Crippen LogP contribution is -2.08. The van der Waals surface area contributed by atoms with E-state index in [0.717, 1.165) is 23.6 Å². The molecule has 0 radical (unpaired) electrons. The maximum absolute atomic E-state index is 14.4. The first kappa shape index (κ1) is 25.1. The third-order valence-corrected chi connectivity index (χ3v) is 6.91. The third-order valence-electron chi connectivity index (χ3n) is 6.48. The second-order valence-electron chi connectivity index (χ2n) is 9.48. The Morgan fingerprint density at radius 3 is 2.76 bits per heavy atom. The number of aromatic nitrogens is 5. The second kappa shape index (κ2) is 10.0. The van der Waals surface area contributed by atoms with Crippen LogP contribution >= 0.6 is 15.9 Å². The van der Waals surface area contributed by atoms with Crippen LogP contribution in [0, 0.1) is 21.8 Å². The number of benzene rings is 1. The van der Waals surface area contributed by atoms with Gasteiger partial charge in [0, 0.05) is 55.2 Å². The molecule has 37 heavy (non-hydrogen) atoms. The third kappa shape index (κ3) is 5.56. The highest BCUT2D eigenvalue weighted by atomic mass is 79.9. The average molecular weight is 569 g/mol. The summed E-state index contributed by atoms with van der Waals surface area (Å²) >= 11 is 3.28. The van der Waals surface area contributed by atoms with Gasteiger partial charge in [-0.2, -0.15) is 10.2 Å². The van der Waals surface area contributed by atoms with Gasteiger partial charge >= 0.3 is 5.82 Å². The zero-order valence-electron chi connectivity index (χ0n) is 20.7. The molecule has 0 saturated heterocycles. The minimum atomic E-state index is -0.727. The van der Waals surface area contributed by atoms with Gasteiger partial charge in [-0.15, -0.1) is 0 Å². The van der Waals surface area contributed by atoms with Crippen molar-refractivity contribution in [3.8, 4) is 17.0 Å². The molecule has 5 rings (SSSR count). The Hall–Kier alpha value is -3.60. The van der Waals surface area contributed by atoms with E-state index < -0.39 is 22.7 Å². The molecular weight excluding hydrogens is 543 g/mol. The Morgan fingerprint density at radius 2 is 2.03 bits per heavy atom. The summed E-state index contributed by atoms with van der Waals surface area (Å²) in [6.07, 6.45) is 6.70. The first-order valence-electron chi connectivity index (χ1n) is 12.0. The Morgan fingerprint density at radius 1 is 1.24 bits per heavy atom. The SMILES string of the molecule is C[C@@H](Oc1cc(Br)cnc1[N+](=O)[O-])c1cc(F)ccc1-c1nn(C)cc1Cc1cc(CC2CC2)n(C)n1. The molecule has 1 saturated carbocycles. The molecule has 0 amide bonds. The summed E-state index contributed by atoms with van der Waals surface area (Å²) < 4.78 is 24.6. The van der Waals surface area contributed by atoms with Crippen molar-refractivity contribution in [2.75, 3.05) is 0 Å². The topological polar surface area (TPSA) is 101 Å². The Labute approximate surface area is 221 Å². The van der Waals surface area contributed by atoms with E-state index in [2.05, 4.69) is 32.1 Å². The summed E-state index contributed by atoms with van der Waals surface area (Å²) in [4.78, 5) is 14.7. The number of rotatable bonds is 9. The van der Waals surface area contributed by atoms with Crippen LogP contribution in [0.25, 0.3) is 11.3 Å². The minimum absolute atomic E-state index is 0.0139. The van der Waals surface area contributed by atoms with Crippen molar-refractivity contribution in [2.24, 2.45) is 20.0 Å². The Kier molecular flexibility index (Phi) is 6.80. The summed E-state index contributed by atoms with van der Waals surface area (Å²) in [6, 6.07) is 8.05. The van der Waals surface area contributed by atoms with E-state index in [9.17, 15) is 14.5 Å². The first-order valence-corrected chi connectivity index (χ1v) is 12.8. The van der Waals surface area contributed by atoms with E-state index in [0.29, 0.717) is 27.7 Å². The number of pyridine rings is 1.